The zero-order chi connectivity index (χ0) is 16.2. The second-order valence-corrected chi connectivity index (χ2v) is 5.13. The van der Waals surface area contributed by atoms with E-state index in [9.17, 15) is 4.79 Å². The molecule has 23 heavy (non-hydrogen) atoms. The molecule has 0 spiro atoms. The van der Waals surface area contributed by atoms with E-state index in [0.29, 0.717) is 24.4 Å². The standard InChI is InChI=1S/C17H19N3O3/c1-3-20(4-2)17(21)12-7-14(10-18-9-12)19-13-5-6-15-16(8-13)23-11-22-15/h5-10,19H,3-4,11H2,1-2H3. The Morgan fingerprint density at radius 2 is 1.91 bits per heavy atom. The maximum atomic E-state index is 12.4. The lowest BCUT2D eigenvalue weighted by molar-refractivity contribution is 0.0772. The zero-order valence-electron chi connectivity index (χ0n) is 13.2. The zero-order valence-corrected chi connectivity index (χ0v) is 13.2. The minimum absolute atomic E-state index is 0.0168. The number of amides is 1. The minimum atomic E-state index is -0.0168. The first kappa shape index (κ1) is 15.1. The van der Waals surface area contributed by atoms with Gasteiger partial charge < -0.3 is 19.7 Å². The van der Waals surface area contributed by atoms with Gasteiger partial charge in [-0.05, 0) is 32.0 Å². The molecule has 3 rings (SSSR count). The Morgan fingerprint density at radius 3 is 2.70 bits per heavy atom. The van der Waals surface area contributed by atoms with Gasteiger partial charge in [0.25, 0.3) is 5.91 Å². The average molecular weight is 313 g/mol. The van der Waals surface area contributed by atoms with Crippen LogP contribution in [-0.2, 0) is 0 Å². The summed E-state index contributed by atoms with van der Waals surface area (Å²) in [7, 11) is 0. The number of rotatable bonds is 5. The van der Waals surface area contributed by atoms with E-state index in [2.05, 4.69) is 10.3 Å². The molecular formula is C17H19N3O3. The molecule has 0 bridgehead atoms. The molecular weight excluding hydrogens is 294 g/mol. The summed E-state index contributed by atoms with van der Waals surface area (Å²) in [6.07, 6.45) is 3.27. The molecule has 2 heterocycles. The van der Waals surface area contributed by atoms with E-state index >= 15 is 0 Å². The third-order valence-corrected chi connectivity index (χ3v) is 3.70. The molecule has 6 nitrogen and oxygen atoms in total. The van der Waals surface area contributed by atoms with Gasteiger partial charge in [-0.25, -0.2) is 0 Å². The number of aromatic nitrogens is 1. The van der Waals surface area contributed by atoms with E-state index in [0.717, 1.165) is 17.1 Å². The molecule has 0 unspecified atom stereocenters. The fourth-order valence-corrected chi connectivity index (χ4v) is 2.46. The van der Waals surface area contributed by atoms with Crippen molar-refractivity contribution in [3.05, 3.63) is 42.2 Å². The number of hydrogen-bond acceptors (Lipinski definition) is 5. The quantitative estimate of drug-likeness (QED) is 0.919. The fraction of sp³-hybridized carbons (Fsp3) is 0.294. The molecule has 0 fully saturated rings. The lowest BCUT2D eigenvalue weighted by atomic mass is 10.2. The number of hydrogen-bond donors (Lipinski definition) is 1. The van der Waals surface area contributed by atoms with Crippen molar-refractivity contribution in [2.24, 2.45) is 0 Å². The molecule has 0 radical (unpaired) electrons. The number of anilines is 2. The molecule has 2 aromatic rings. The molecule has 1 aromatic carbocycles. The van der Waals surface area contributed by atoms with Gasteiger partial charge >= 0.3 is 0 Å². The molecule has 1 N–H and O–H groups in total. The Bertz CT molecular complexity index is 714. The van der Waals surface area contributed by atoms with E-state index in [-0.39, 0.29) is 12.7 Å². The second-order valence-electron chi connectivity index (χ2n) is 5.13. The van der Waals surface area contributed by atoms with E-state index in [1.54, 1.807) is 23.4 Å². The van der Waals surface area contributed by atoms with Crippen LogP contribution in [-0.4, -0.2) is 35.7 Å². The third kappa shape index (κ3) is 3.21. The van der Waals surface area contributed by atoms with Crippen LogP contribution in [0.1, 0.15) is 24.2 Å². The van der Waals surface area contributed by atoms with Crippen molar-refractivity contribution in [1.29, 1.82) is 0 Å². The van der Waals surface area contributed by atoms with Crippen molar-refractivity contribution in [3.63, 3.8) is 0 Å². The third-order valence-electron chi connectivity index (χ3n) is 3.70. The first-order valence-corrected chi connectivity index (χ1v) is 7.62. The summed E-state index contributed by atoms with van der Waals surface area (Å²) in [4.78, 5) is 18.3. The molecule has 1 aromatic heterocycles. The number of pyridine rings is 1. The Hall–Kier alpha value is -2.76. The minimum Gasteiger partial charge on any atom is -0.454 e. The maximum Gasteiger partial charge on any atom is 0.255 e. The van der Waals surface area contributed by atoms with Crippen molar-refractivity contribution in [2.45, 2.75) is 13.8 Å². The number of nitrogens with zero attached hydrogens (tertiary/aromatic N) is 2. The van der Waals surface area contributed by atoms with Gasteiger partial charge in [-0.1, -0.05) is 0 Å². The molecule has 0 saturated heterocycles. The van der Waals surface area contributed by atoms with Crippen LogP contribution in [0.5, 0.6) is 11.5 Å². The van der Waals surface area contributed by atoms with Crippen molar-refractivity contribution < 1.29 is 14.3 Å². The molecule has 0 aliphatic carbocycles. The molecule has 0 saturated carbocycles. The van der Waals surface area contributed by atoms with Gasteiger partial charge in [0, 0.05) is 31.0 Å². The number of benzene rings is 1. The highest BCUT2D eigenvalue weighted by Crippen LogP contribution is 2.35. The smallest absolute Gasteiger partial charge is 0.255 e. The van der Waals surface area contributed by atoms with Crippen molar-refractivity contribution >= 4 is 17.3 Å². The largest absolute Gasteiger partial charge is 0.454 e. The Labute approximate surface area is 135 Å². The predicted octanol–water partition coefficient (Wildman–Crippen LogP) is 3.04. The van der Waals surface area contributed by atoms with Crippen LogP contribution < -0.4 is 14.8 Å². The molecule has 6 heteroatoms. The van der Waals surface area contributed by atoms with Crippen molar-refractivity contribution in [1.82, 2.24) is 9.88 Å². The van der Waals surface area contributed by atoms with Crippen LogP contribution in [0.4, 0.5) is 11.4 Å². The van der Waals surface area contributed by atoms with Crippen LogP contribution in [0, 0.1) is 0 Å². The van der Waals surface area contributed by atoms with Gasteiger partial charge in [-0.2, -0.15) is 0 Å². The summed E-state index contributed by atoms with van der Waals surface area (Å²) in [5.74, 6) is 1.43. The van der Waals surface area contributed by atoms with Gasteiger partial charge in [0.15, 0.2) is 11.5 Å². The van der Waals surface area contributed by atoms with Crippen molar-refractivity contribution in [3.8, 4) is 11.5 Å². The number of ether oxygens (including phenoxy) is 2. The van der Waals surface area contributed by atoms with E-state index in [1.807, 2.05) is 32.0 Å². The van der Waals surface area contributed by atoms with Gasteiger partial charge in [0.05, 0.1) is 17.4 Å². The predicted molar refractivity (Wildman–Crippen MR) is 87.3 cm³/mol. The van der Waals surface area contributed by atoms with Crippen LogP contribution in [0.3, 0.4) is 0 Å². The summed E-state index contributed by atoms with van der Waals surface area (Å²) < 4.78 is 10.7. The number of carbonyl (C=O) groups is 1. The summed E-state index contributed by atoms with van der Waals surface area (Å²) in [6, 6.07) is 7.41. The fourth-order valence-electron chi connectivity index (χ4n) is 2.46. The van der Waals surface area contributed by atoms with Crippen LogP contribution in [0.25, 0.3) is 0 Å². The molecule has 1 aliphatic rings. The Morgan fingerprint density at radius 1 is 1.13 bits per heavy atom. The van der Waals surface area contributed by atoms with Crippen LogP contribution in [0.2, 0.25) is 0 Å². The van der Waals surface area contributed by atoms with Gasteiger partial charge in [-0.3, -0.25) is 9.78 Å². The van der Waals surface area contributed by atoms with Crippen molar-refractivity contribution in [2.75, 3.05) is 25.2 Å². The SMILES string of the molecule is CCN(CC)C(=O)c1cncc(Nc2ccc3c(c2)OCO3)c1. The van der Waals surface area contributed by atoms with E-state index < -0.39 is 0 Å². The number of nitrogens with one attached hydrogen (secondary N) is 1. The molecule has 120 valence electrons. The maximum absolute atomic E-state index is 12.4. The van der Waals surface area contributed by atoms with Gasteiger partial charge in [-0.15, -0.1) is 0 Å². The summed E-state index contributed by atoms with van der Waals surface area (Å²) in [5, 5.41) is 3.24. The van der Waals surface area contributed by atoms with E-state index in [4.69, 9.17) is 9.47 Å². The highest BCUT2D eigenvalue weighted by atomic mass is 16.7. The summed E-state index contributed by atoms with van der Waals surface area (Å²) in [5.41, 5.74) is 2.17. The summed E-state index contributed by atoms with van der Waals surface area (Å²) >= 11 is 0. The van der Waals surface area contributed by atoms with Gasteiger partial charge in [0.2, 0.25) is 6.79 Å². The molecule has 1 amide bonds. The monoisotopic (exact) mass is 313 g/mol. The highest BCUT2D eigenvalue weighted by molar-refractivity contribution is 5.94. The molecule has 1 aliphatic heterocycles. The normalized spacial score (nSPS) is 12.1. The Kier molecular flexibility index (Phi) is 4.32. The highest BCUT2D eigenvalue weighted by Gasteiger charge is 2.15. The molecule has 0 atom stereocenters. The van der Waals surface area contributed by atoms with Crippen LogP contribution in [0.15, 0.2) is 36.7 Å². The summed E-state index contributed by atoms with van der Waals surface area (Å²) in [6.45, 7) is 5.52. The first-order chi connectivity index (χ1) is 11.2. The number of fused-ring (bicyclic) bond motifs is 1. The number of carbonyl (C=O) groups excluding carboxylic acids is 1. The Balaban J connectivity index is 1.79. The second kappa shape index (κ2) is 6.56. The lowest BCUT2D eigenvalue weighted by Crippen LogP contribution is -2.30. The lowest BCUT2D eigenvalue weighted by Gasteiger charge is -2.18. The van der Waals surface area contributed by atoms with Gasteiger partial charge in [0.1, 0.15) is 0 Å². The topological polar surface area (TPSA) is 63.7 Å². The van der Waals surface area contributed by atoms with Crippen LogP contribution >= 0.6 is 0 Å². The average Bonchev–Trinajstić information content (AvgIpc) is 3.04. The first-order valence-electron chi connectivity index (χ1n) is 7.62. The van der Waals surface area contributed by atoms with E-state index in [1.165, 1.54) is 0 Å².